The first-order valence-corrected chi connectivity index (χ1v) is 7.28. The third-order valence-corrected chi connectivity index (χ3v) is 3.94. The second-order valence-electron chi connectivity index (χ2n) is 5.24. The predicted octanol–water partition coefficient (Wildman–Crippen LogP) is 3.84. The number of rotatable bonds is 2. The molecule has 0 N–H and O–H groups in total. The fourth-order valence-electron chi connectivity index (χ4n) is 2.82. The van der Waals surface area contributed by atoms with Crippen LogP contribution in [0.3, 0.4) is 0 Å². The van der Waals surface area contributed by atoms with Crippen LogP contribution in [-0.2, 0) is 12.8 Å². The number of para-hydroxylation sites is 1. The molecule has 0 saturated carbocycles. The lowest BCUT2D eigenvalue weighted by Crippen LogP contribution is -2.35. The van der Waals surface area contributed by atoms with E-state index in [1.54, 1.807) is 0 Å². The lowest BCUT2D eigenvalue weighted by atomic mass is 10.0. The molecule has 2 aromatic rings. The first-order valence-electron chi connectivity index (χ1n) is 7.28. The minimum atomic E-state index is 0.118. The van der Waals surface area contributed by atoms with E-state index in [9.17, 15) is 4.79 Å². The minimum Gasteiger partial charge on any atom is -0.308 e. The van der Waals surface area contributed by atoms with Gasteiger partial charge in [0.25, 0.3) is 5.91 Å². The normalized spacial score (nSPS) is 13.9. The van der Waals surface area contributed by atoms with Gasteiger partial charge in [0.2, 0.25) is 0 Å². The Morgan fingerprint density at radius 2 is 2.00 bits per heavy atom. The molecule has 1 heterocycles. The maximum Gasteiger partial charge on any atom is 0.258 e. The van der Waals surface area contributed by atoms with Crippen LogP contribution < -0.4 is 4.90 Å². The number of fused-ring (bicyclic) bond motifs is 1. The van der Waals surface area contributed by atoms with E-state index in [2.05, 4.69) is 25.1 Å². The molecule has 0 fully saturated rings. The Labute approximate surface area is 120 Å². The van der Waals surface area contributed by atoms with Crippen molar-refractivity contribution in [1.29, 1.82) is 0 Å². The molecule has 2 aromatic carbocycles. The number of hydrogen-bond donors (Lipinski definition) is 0. The van der Waals surface area contributed by atoms with E-state index in [0.717, 1.165) is 37.1 Å². The molecule has 0 atom stereocenters. The molecular weight excluding hydrogens is 246 g/mol. The summed E-state index contributed by atoms with van der Waals surface area (Å²) in [5.41, 5.74) is 4.35. The highest BCUT2D eigenvalue weighted by molar-refractivity contribution is 6.06. The van der Waals surface area contributed by atoms with Gasteiger partial charge in [-0.05, 0) is 48.6 Å². The van der Waals surface area contributed by atoms with Crippen molar-refractivity contribution in [2.24, 2.45) is 0 Å². The van der Waals surface area contributed by atoms with Gasteiger partial charge in [-0.3, -0.25) is 4.79 Å². The Kier molecular flexibility index (Phi) is 3.55. The second kappa shape index (κ2) is 5.49. The van der Waals surface area contributed by atoms with Gasteiger partial charge in [0.15, 0.2) is 0 Å². The highest BCUT2D eigenvalue weighted by Crippen LogP contribution is 2.28. The Hall–Kier alpha value is -2.09. The molecule has 2 heteroatoms. The zero-order valence-corrected chi connectivity index (χ0v) is 11.8. The fraction of sp³-hybridized carbons (Fsp3) is 0.278. The van der Waals surface area contributed by atoms with Crippen LogP contribution in [0.15, 0.2) is 48.5 Å². The lowest BCUT2D eigenvalue weighted by Gasteiger charge is -2.29. The summed E-state index contributed by atoms with van der Waals surface area (Å²) in [7, 11) is 0. The van der Waals surface area contributed by atoms with Crippen LogP contribution in [0.4, 0.5) is 5.69 Å². The van der Waals surface area contributed by atoms with Gasteiger partial charge in [0, 0.05) is 17.8 Å². The minimum absolute atomic E-state index is 0.118. The topological polar surface area (TPSA) is 20.3 Å². The smallest absolute Gasteiger partial charge is 0.258 e. The average Bonchev–Trinajstić information content (AvgIpc) is 2.53. The third-order valence-electron chi connectivity index (χ3n) is 3.94. The van der Waals surface area contributed by atoms with Crippen molar-refractivity contribution < 1.29 is 4.79 Å². The summed E-state index contributed by atoms with van der Waals surface area (Å²) < 4.78 is 0. The highest BCUT2D eigenvalue weighted by Gasteiger charge is 2.23. The molecule has 0 radical (unpaired) electrons. The van der Waals surface area contributed by atoms with Crippen molar-refractivity contribution in [2.75, 3.05) is 11.4 Å². The largest absolute Gasteiger partial charge is 0.308 e. The van der Waals surface area contributed by atoms with E-state index in [4.69, 9.17) is 0 Å². The number of aryl methyl sites for hydroxylation is 2. The van der Waals surface area contributed by atoms with Gasteiger partial charge < -0.3 is 4.90 Å². The Morgan fingerprint density at radius 1 is 1.15 bits per heavy atom. The van der Waals surface area contributed by atoms with Crippen molar-refractivity contribution in [3.05, 3.63) is 65.2 Å². The summed E-state index contributed by atoms with van der Waals surface area (Å²) in [4.78, 5) is 14.7. The highest BCUT2D eigenvalue weighted by atomic mass is 16.2. The van der Waals surface area contributed by atoms with Crippen LogP contribution in [-0.4, -0.2) is 12.5 Å². The van der Waals surface area contributed by atoms with E-state index in [0.29, 0.717) is 0 Å². The van der Waals surface area contributed by atoms with Crippen molar-refractivity contribution in [1.82, 2.24) is 0 Å². The summed E-state index contributed by atoms with van der Waals surface area (Å²) in [6, 6.07) is 16.2. The number of benzene rings is 2. The monoisotopic (exact) mass is 265 g/mol. The molecule has 0 spiro atoms. The number of amides is 1. The fourth-order valence-corrected chi connectivity index (χ4v) is 2.82. The van der Waals surface area contributed by atoms with Crippen molar-refractivity contribution >= 4 is 11.6 Å². The van der Waals surface area contributed by atoms with Crippen LogP contribution in [0.2, 0.25) is 0 Å². The molecule has 2 nitrogen and oxygen atoms in total. The zero-order chi connectivity index (χ0) is 13.9. The summed E-state index contributed by atoms with van der Waals surface area (Å²) in [5, 5.41) is 0. The maximum absolute atomic E-state index is 12.8. The summed E-state index contributed by atoms with van der Waals surface area (Å²) in [6.07, 6.45) is 3.06. The molecule has 0 saturated heterocycles. The summed E-state index contributed by atoms with van der Waals surface area (Å²) >= 11 is 0. The molecule has 0 unspecified atom stereocenters. The Morgan fingerprint density at radius 3 is 2.85 bits per heavy atom. The summed E-state index contributed by atoms with van der Waals surface area (Å²) in [5.74, 6) is 0.118. The second-order valence-corrected chi connectivity index (χ2v) is 5.24. The molecule has 1 amide bonds. The van der Waals surface area contributed by atoms with Crippen LogP contribution in [0.25, 0.3) is 0 Å². The Balaban J connectivity index is 1.95. The Bertz CT molecular complexity index is 633. The van der Waals surface area contributed by atoms with Crippen LogP contribution in [0, 0.1) is 0 Å². The maximum atomic E-state index is 12.8. The predicted molar refractivity (Wildman–Crippen MR) is 82.3 cm³/mol. The SMILES string of the molecule is CCc1cccc(C(=O)N2CCCc3ccccc32)c1. The number of hydrogen-bond acceptors (Lipinski definition) is 1. The van der Waals surface area contributed by atoms with E-state index >= 15 is 0 Å². The number of anilines is 1. The lowest BCUT2D eigenvalue weighted by molar-refractivity contribution is 0.0985. The molecule has 1 aliphatic rings. The van der Waals surface area contributed by atoms with Gasteiger partial charge in [-0.25, -0.2) is 0 Å². The van der Waals surface area contributed by atoms with Crippen LogP contribution in [0.5, 0.6) is 0 Å². The van der Waals surface area contributed by atoms with Crippen molar-refractivity contribution in [3.8, 4) is 0 Å². The molecule has 0 aliphatic carbocycles. The number of carbonyl (C=O) groups excluding carboxylic acids is 1. The molecule has 0 bridgehead atoms. The quantitative estimate of drug-likeness (QED) is 0.808. The summed E-state index contributed by atoms with van der Waals surface area (Å²) in [6.45, 7) is 2.92. The van der Waals surface area contributed by atoms with Crippen LogP contribution >= 0.6 is 0 Å². The van der Waals surface area contributed by atoms with E-state index in [1.807, 2.05) is 35.2 Å². The molecule has 1 aliphatic heterocycles. The average molecular weight is 265 g/mol. The number of nitrogens with zero attached hydrogens (tertiary/aromatic N) is 1. The molecule has 20 heavy (non-hydrogen) atoms. The van der Waals surface area contributed by atoms with Gasteiger partial charge in [-0.2, -0.15) is 0 Å². The standard InChI is InChI=1S/C18H19NO/c1-2-14-7-5-9-16(13-14)18(20)19-12-6-10-15-8-3-4-11-17(15)19/h3-5,7-9,11,13H,2,6,10,12H2,1H3. The molecule has 102 valence electrons. The zero-order valence-electron chi connectivity index (χ0n) is 11.8. The molecule has 0 aromatic heterocycles. The van der Waals surface area contributed by atoms with Crippen molar-refractivity contribution in [3.63, 3.8) is 0 Å². The van der Waals surface area contributed by atoms with Gasteiger partial charge in [-0.1, -0.05) is 37.3 Å². The van der Waals surface area contributed by atoms with Crippen LogP contribution in [0.1, 0.15) is 34.8 Å². The van der Waals surface area contributed by atoms with E-state index < -0.39 is 0 Å². The first-order chi connectivity index (χ1) is 9.79. The van der Waals surface area contributed by atoms with Gasteiger partial charge in [0.05, 0.1) is 0 Å². The first kappa shape index (κ1) is 12.9. The molecular formula is C18H19NO. The third kappa shape index (κ3) is 2.34. The van der Waals surface area contributed by atoms with Gasteiger partial charge in [0.1, 0.15) is 0 Å². The van der Waals surface area contributed by atoms with E-state index in [1.165, 1.54) is 11.1 Å². The van der Waals surface area contributed by atoms with Gasteiger partial charge >= 0.3 is 0 Å². The molecule has 3 rings (SSSR count). The van der Waals surface area contributed by atoms with Crippen molar-refractivity contribution in [2.45, 2.75) is 26.2 Å². The van der Waals surface area contributed by atoms with E-state index in [-0.39, 0.29) is 5.91 Å². The number of carbonyl (C=O) groups is 1. The van der Waals surface area contributed by atoms with Gasteiger partial charge in [-0.15, -0.1) is 0 Å².